The van der Waals surface area contributed by atoms with E-state index in [4.69, 9.17) is 4.74 Å². The Bertz CT molecular complexity index is 280. The monoisotopic (exact) mass is 166 g/mol. The maximum Gasteiger partial charge on any atom is 0.109 e. The summed E-state index contributed by atoms with van der Waals surface area (Å²) in [5, 5.41) is 0. The third-order valence-corrected chi connectivity index (χ3v) is 2.40. The fourth-order valence-corrected chi connectivity index (χ4v) is 1.75. The standard InChI is InChI=1S/C9H14N2O/c1-7-5-11-6-8(12-2)3-4-9(11)10-7/h5,8H,3-4,6H2,1-2H3. The van der Waals surface area contributed by atoms with E-state index < -0.39 is 0 Å². The number of aryl methyl sites for hydroxylation is 2. The number of fused-ring (bicyclic) bond motifs is 1. The maximum absolute atomic E-state index is 5.31. The molecule has 1 aromatic heterocycles. The summed E-state index contributed by atoms with van der Waals surface area (Å²) in [7, 11) is 1.78. The van der Waals surface area contributed by atoms with Gasteiger partial charge in [0.05, 0.1) is 18.3 Å². The zero-order valence-corrected chi connectivity index (χ0v) is 7.58. The van der Waals surface area contributed by atoms with Crippen LogP contribution in [0.5, 0.6) is 0 Å². The van der Waals surface area contributed by atoms with Gasteiger partial charge in [0.1, 0.15) is 5.82 Å². The number of aromatic nitrogens is 2. The first kappa shape index (κ1) is 7.80. The SMILES string of the molecule is COC1CCc2nc(C)cn2C1. The molecule has 0 saturated heterocycles. The van der Waals surface area contributed by atoms with Crippen molar-refractivity contribution in [3.05, 3.63) is 17.7 Å². The van der Waals surface area contributed by atoms with E-state index in [1.807, 2.05) is 6.92 Å². The predicted molar refractivity (Wildman–Crippen MR) is 46.1 cm³/mol. The quantitative estimate of drug-likeness (QED) is 0.626. The van der Waals surface area contributed by atoms with Crippen LogP contribution >= 0.6 is 0 Å². The van der Waals surface area contributed by atoms with E-state index in [0.717, 1.165) is 25.1 Å². The first-order chi connectivity index (χ1) is 5.79. The van der Waals surface area contributed by atoms with Gasteiger partial charge in [-0.25, -0.2) is 4.98 Å². The number of imidazole rings is 1. The van der Waals surface area contributed by atoms with Gasteiger partial charge in [0.2, 0.25) is 0 Å². The van der Waals surface area contributed by atoms with Crippen LogP contribution in [0, 0.1) is 6.92 Å². The summed E-state index contributed by atoms with van der Waals surface area (Å²) in [6, 6.07) is 0. The van der Waals surface area contributed by atoms with Gasteiger partial charge >= 0.3 is 0 Å². The Morgan fingerprint density at radius 2 is 2.50 bits per heavy atom. The Morgan fingerprint density at radius 3 is 3.25 bits per heavy atom. The molecule has 0 spiro atoms. The molecule has 0 aliphatic carbocycles. The second kappa shape index (κ2) is 2.90. The molecule has 0 bridgehead atoms. The molecule has 1 aromatic rings. The van der Waals surface area contributed by atoms with Crippen molar-refractivity contribution in [1.29, 1.82) is 0 Å². The minimum Gasteiger partial charge on any atom is -0.380 e. The van der Waals surface area contributed by atoms with E-state index in [0.29, 0.717) is 6.10 Å². The molecule has 0 N–H and O–H groups in total. The molecule has 2 rings (SSSR count). The van der Waals surface area contributed by atoms with Gasteiger partial charge in [0, 0.05) is 19.7 Å². The van der Waals surface area contributed by atoms with Gasteiger partial charge in [-0.15, -0.1) is 0 Å². The molecule has 3 nitrogen and oxygen atoms in total. The molecular formula is C9H14N2O. The summed E-state index contributed by atoms with van der Waals surface area (Å²) < 4.78 is 7.51. The molecule has 1 atom stereocenters. The van der Waals surface area contributed by atoms with Crippen LogP contribution in [0.15, 0.2) is 6.20 Å². The Kier molecular flexibility index (Phi) is 1.89. The summed E-state index contributed by atoms with van der Waals surface area (Å²) in [4.78, 5) is 4.43. The normalized spacial score (nSPS) is 22.3. The molecule has 1 aliphatic heterocycles. The predicted octanol–water partition coefficient (Wildman–Crippen LogP) is 1.15. The second-order valence-electron chi connectivity index (χ2n) is 3.35. The first-order valence-corrected chi connectivity index (χ1v) is 4.35. The van der Waals surface area contributed by atoms with Gasteiger partial charge in [-0.1, -0.05) is 0 Å². The molecule has 0 amide bonds. The van der Waals surface area contributed by atoms with Crippen LogP contribution in [-0.2, 0) is 17.7 Å². The first-order valence-electron chi connectivity index (χ1n) is 4.35. The highest BCUT2D eigenvalue weighted by Crippen LogP contribution is 2.16. The van der Waals surface area contributed by atoms with E-state index in [2.05, 4.69) is 15.7 Å². The van der Waals surface area contributed by atoms with E-state index in [-0.39, 0.29) is 0 Å². The van der Waals surface area contributed by atoms with Crippen molar-refractivity contribution in [2.24, 2.45) is 0 Å². The van der Waals surface area contributed by atoms with Crippen molar-refractivity contribution in [1.82, 2.24) is 9.55 Å². The third-order valence-electron chi connectivity index (χ3n) is 2.40. The zero-order chi connectivity index (χ0) is 8.55. The summed E-state index contributed by atoms with van der Waals surface area (Å²) in [5.74, 6) is 1.21. The molecule has 12 heavy (non-hydrogen) atoms. The summed E-state index contributed by atoms with van der Waals surface area (Å²) >= 11 is 0. The Labute approximate surface area is 72.4 Å². The molecule has 0 fully saturated rings. The minimum atomic E-state index is 0.381. The topological polar surface area (TPSA) is 27.1 Å². The lowest BCUT2D eigenvalue weighted by atomic mass is 10.1. The highest BCUT2D eigenvalue weighted by Gasteiger charge is 2.18. The van der Waals surface area contributed by atoms with Crippen LogP contribution in [-0.4, -0.2) is 22.8 Å². The van der Waals surface area contributed by atoms with Crippen molar-refractivity contribution in [2.75, 3.05) is 7.11 Å². The molecule has 0 aromatic carbocycles. The highest BCUT2D eigenvalue weighted by molar-refractivity contribution is 5.04. The van der Waals surface area contributed by atoms with Gasteiger partial charge in [0.25, 0.3) is 0 Å². The number of ether oxygens (including phenoxy) is 1. The average molecular weight is 166 g/mol. The number of hydrogen-bond donors (Lipinski definition) is 0. The number of rotatable bonds is 1. The molecule has 0 saturated carbocycles. The maximum atomic E-state index is 5.31. The molecule has 2 heterocycles. The largest absolute Gasteiger partial charge is 0.380 e. The van der Waals surface area contributed by atoms with Gasteiger partial charge in [-0.2, -0.15) is 0 Å². The molecular weight excluding hydrogens is 152 g/mol. The smallest absolute Gasteiger partial charge is 0.109 e. The van der Waals surface area contributed by atoms with E-state index in [1.165, 1.54) is 5.82 Å². The van der Waals surface area contributed by atoms with Crippen molar-refractivity contribution >= 4 is 0 Å². The third kappa shape index (κ3) is 1.25. The lowest BCUT2D eigenvalue weighted by Crippen LogP contribution is -2.25. The van der Waals surface area contributed by atoms with Crippen LogP contribution in [0.4, 0.5) is 0 Å². The summed E-state index contributed by atoms with van der Waals surface area (Å²) in [5.41, 5.74) is 1.11. The van der Waals surface area contributed by atoms with E-state index in [9.17, 15) is 0 Å². The van der Waals surface area contributed by atoms with Crippen molar-refractivity contribution in [2.45, 2.75) is 32.4 Å². The fraction of sp³-hybridized carbons (Fsp3) is 0.667. The molecule has 1 aliphatic rings. The fourth-order valence-electron chi connectivity index (χ4n) is 1.75. The number of nitrogens with zero attached hydrogens (tertiary/aromatic N) is 2. The number of methoxy groups -OCH3 is 1. The van der Waals surface area contributed by atoms with Crippen LogP contribution in [0.3, 0.4) is 0 Å². The van der Waals surface area contributed by atoms with Gasteiger partial charge in [-0.3, -0.25) is 0 Å². The van der Waals surface area contributed by atoms with Crippen molar-refractivity contribution < 1.29 is 4.74 Å². The second-order valence-corrected chi connectivity index (χ2v) is 3.35. The molecule has 0 radical (unpaired) electrons. The Hall–Kier alpha value is -0.830. The lowest BCUT2D eigenvalue weighted by Gasteiger charge is -2.21. The Morgan fingerprint density at radius 1 is 1.67 bits per heavy atom. The lowest BCUT2D eigenvalue weighted by molar-refractivity contribution is 0.0706. The van der Waals surface area contributed by atoms with Gasteiger partial charge in [-0.05, 0) is 13.3 Å². The summed E-state index contributed by atoms with van der Waals surface area (Å²) in [6.45, 7) is 3.00. The number of hydrogen-bond acceptors (Lipinski definition) is 2. The van der Waals surface area contributed by atoms with Gasteiger partial charge in [0.15, 0.2) is 0 Å². The highest BCUT2D eigenvalue weighted by atomic mass is 16.5. The Balaban J connectivity index is 2.22. The molecule has 3 heteroatoms. The van der Waals surface area contributed by atoms with Crippen LogP contribution in [0.2, 0.25) is 0 Å². The van der Waals surface area contributed by atoms with Crippen LogP contribution in [0.25, 0.3) is 0 Å². The van der Waals surface area contributed by atoms with Crippen LogP contribution in [0.1, 0.15) is 17.9 Å². The van der Waals surface area contributed by atoms with Gasteiger partial charge < -0.3 is 9.30 Å². The minimum absolute atomic E-state index is 0.381. The zero-order valence-electron chi connectivity index (χ0n) is 7.58. The summed E-state index contributed by atoms with van der Waals surface area (Å²) in [6.07, 6.45) is 4.63. The van der Waals surface area contributed by atoms with Crippen LogP contribution < -0.4 is 0 Å². The van der Waals surface area contributed by atoms with E-state index in [1.54, 1.807) is 7.11 Å². The molecule has 1 unspecified atom stereocenters. The van der Waals surface area contributed by atoms with Crippen molar-refractivity contribution in [3.8, 4) is 0 Å². The molecule has 66 valence electrons. The average Bonchev–Trinajstić information content (AvgIpc) is 2.43. The van der Waals surface area contributed by atoms with E-state index >= 15 is 0 Å². The van der Waals surface area contributed by atoms with Crippen molar-refractivity contribution in [3.63, 3.8) is 0 Å².